The molecule has 28 heavy (non-hydrogen) atoms. The van der Waals surface area contributed by atoms with Gasteiger partial charge in [0.15, 0.2) is 0 Å². The van der Waals surface area contributed by atoms with Crippen LogP contribution in [-0.4, -0.2) is 36.0 Å². The third kappa shape index (κ3) is 3.25. The van der Waals surface area contributed by atoms with Crippen molar-refractivity contribution < 1.29 is 4.79 Å². The predicted octanol–water partition coefficient (Wildman–Crippen LogP) is 4.32. The van der Waals surface area contributed by atoms with Gasteiger partial charge in [0, 0.05) is 49.4 Å². The van der Waals surface area contributed by atoms with E-state index in [1.165, 1.54) is 33.3 Å². The van der Waals surface area contributed by atoms with E-state index >= 15 is 0 Å². The molecule has 2 heterocycles. The van der Waals surface area contributed by atoms with Gasteiger partial charge < -0.3 is 14.8 Å². The molecule has 0 bridgehead atoms. The van der Waals surface area contributed by atoms with Crippen LogP contribution in [-0.2, 0) is 13.0 Å². The molecule has 1 aliphatic rings. The maximum atomic E-state index is 11.8. The number of aromatic nitrogens is 1. The van der Waals surface area contributed by atoms with Gasteiger partial charge in [-0.15, -0.1) is 0 Å². The molecule has 1 aliphatic heterocycles. The van der Waals surface area contributed by atoms with Gasteiger partial charge in [-0.05, 0) is 61.9 Å². The van der Waals surface area contributed by atoms with Gasteiger partial charge in [0.2, 0.25) is 0 Å². The van der Waals surface area contributed by atoms with E-state index in [1.54, 1.807) is 7.05 Å². The number of amides is 1. The van der Waals surface area contributed by atoms with Crippen molar-refractivity contribution in [1.29, 1.82) is 0 Å². The van der Waals surface area contributed by atoms with Crippen molar-refractivity contribution in [1.82, 2.24) is 14.8 Å². The Labute approximate surface area is 166 Å². The fourth-order valence-electron chi connectivity index (χ4n) is 4.09. The number of carbonyl (C=O) groups is 1. The van der Waals surface area contributed by atoms with E-state index in [4.69, 9.17) is 0 Å². The summed E-state index contributed by atoms with van der Waals surface area (Å²) in [4.78, 5) is 14.2. The van der Waals surface area contributed by atoms with Gasteiger partial charge in [0.25, 0.3) is 5.91 Å². The lowest BCUT2D eigenvalue weighted by Gasteiger charge is -2.23. The molecule has 3 aromatic rings. The van der Waals surface area contributed by atoms with Crippen LogP contribution in [0.2, 0.25) is 0 Å². The van der Waals surface area contributed by atoms with Crippen LogP contribution in [0.5, 0.6) is 0 Å². The molecular formula is C24H27N3O. The van der Waals surface area contributed by atoms with Gasteiger partial charge in [0.05, 0.1) is 5.52 Å². The van der Waals surface area contributed by atoms with E-state index in [0.29, 0.717) is 5.56 Å². The summed E-state index contributed by atoms with van der Waals surface area (Å²) >= 11 is 0. The van der Waals surface area contributed by atoms with Crippen molar-refractivity contribution in [2.24, 2.45) is 0 Å². The van der Waals surface area contributed by atoms with Crippen molar-refractivity contribution in [3.05, 3.63) is 70.4 Å². The van der Waals surface area contributed by atoms with Crippen molar-refractivity contribution in [3.8, 4) is 0 Å². The van der Waals surface area contributed by atoms with E-state index < -0.39 is 0 Å². The topological polar surface area (TPSA) is 37.3 Å². The first kappa shape index (κ1) is 18.5. The van der Waals surface area contributed by atoms with Crippen molar-refractivity contribution in [2.75, 3.05) is 20.6 Å². The molecule has 1 amide bonds. The molecular weight excluding hydrogens is 346 g/mol. The fourth-order valence-corrected chi connectivity index (χ4v) is 4.09. The highest BCUT2D eigenvalue weighted by Crippen LogP contribution is 2.32. The minimum absolute atomic E-state index is 0.0573. The molecule has 0 fully saturated rings. The van der Waals surface area contributed by atoms with Crippen LogP contribution < -0.4 is 5.32 Å². The van der Waals surface area contributed by atoms with Crippen LogP contribution in [0.15, 0.2) is 42.5 Å². The van der Waals surface area contributed by atoms with Crippen molar-refractivity contribution in [2.45, 2.75) is 26.8 Å². The lowest BCUT2D eigenvalue weighted by atomic mass is 10.0. The smallest absolute Gasteiger partial charge is 0.251 e. The number of likely N-dealkylation sites (N-methyl/N-ethyl adjacent to an activating group) is 1. The van der Waals surface area contributed by atoms with Crippen LogP contribution in [0.3, 0.4) is 0 Å². The summed E-state index contributed by atoms with van der Waals surface area (Å²) in [5.74, 6) is -0.0573. The molecule has 4 rings (SSSR count). The van der Waals surface area contributed by atoms with E-state index in [-0.39, 0.29) is 5.91 Å². The number of nitrogens with zero attached hydrogens (tertiary/aromatic N) is 2. The molecule has 0 radical (unpaired) electrons. The monoisotopic (exact) mass is 373 g/mol. The number of nitrogens with one attached hydrogen (secondary N) is 1. The molecule has 4 nitrogen and oxygen atoms in total. The van der Waals surface area contributed by atoms with E-state index in [9.17, 15) is 4.79 Å². The summed E-state index contributed by atoms with van der Waals surface area (Å²) in [7, 11) is 3.85. The molecule has 1 N–H and O–H groups in total. The number of fused-ring (bicyclic) bond motifs is 3. The number of hydrogen-bond acceptors (Lipinski definition) is 2. The first-order valence-corrected chi connectivity index (χ1v) is 9.79. The number of rotatable bonds is 3. The molecule has 144 valence electrons. The number of benzene rings is 2. The van der Waals surface area contributed by atoms with E-state index in [0.717, 1.165) is 25.1 Å². The Kier molecular flexibility index (Phi) is 4.82. The largest absolute Gasteiger partial charge is 0.355 e. The normalized spacial score (nSPS) is 14.9. The summed E-state index contributed by atoms with van der Waals surface area (Å²) in [6.07, 6.45) is 3.30. The summed E-state index contributed by atoms with van der Waals surface area (Å²) in [6.45, 7) is 6.37. The second-order valence-electron chi connectivity index (χ2n) is 7.77. The average molecular weight is 374 g/mol. The number of allylic oxidation sites excluding steroid dienone is 1. The minimum atomic E-state index is -0.0573. The van der Waals surface area contributed by atoms with Crippen LogP contribution in [0.1, 0.15) is 39.7 Å². The Bertz CT molecular complexity index is 1070. The molecule has 0 unspecified atom stereocenters. The minimum Gasteiger partial charge on any atom is -0.355 e. The zero-order valence-electron chi connectivity index (χ0n) is 17.0. The molecule has 2 aromatic carbocycles. The lowest BCUT2D eigenvalue weighted by Crippen LogP contribution is -2.26. The number of hydrogen-bond donors (Lipinski definition) is 1. The standard InChI is InChI=1S/C24H27N3O/c1-16-5-10-22-20(13-16)21-15-26(4)12-11-23(21)27(22)14-17(2)18-6-8-19(9-7-18)24(28)25-3/h5-10,13-14H,11-12,15H2,1-4H3,(H,25,28)/b17-14+. The average Bonchev–Trinajstić information content (AvgIpc) is 2.99. The maximum absolute atomic E-state index is 11.8. The van der Waals surface area contributed by atoms with Gasteiger partial charge in [-0.1, -0.05) is 23.8 Å². The van der Waals surface area contributed by atoms with Gasteiger partial charge >= 0.3 is 0 Å². The highest BCUT2D eigenvalue weighted by molar-refractivity contribution is 5.94. The van der Waals surface area contributed by atoms with Gasteiger partial charge in [0.1, 0.15) is 0 Å². The predicted molar refractivity (Wildman–Crippen MR) is 116 cm³/mol. The molecule has 0 aliphatic carbocycles. The molecule has 0 saturated heterocycles. The Morgan fingerprint density at radius 2 is 1.82 bits per heavy atom. The summed E-state index contributed by atoms with van der Waals surface area (Å²) in [5.41, 5.74) is 8.43. The molecule has 1 aromatic heterocycles. The molecule has 0 atom stereocenters. The molecule has 0 spiro atoms. The van der Waals surface area contributed by atoms with Crippen LogP contribution in [0, 0.1) is 6.92 Å². The Balaban J connectivity index is 1.79. The van der Waals surface area contributed by atoms with Crippen LogP contribution in [0.25, 0.3) is 22.7 Å². The van der Waals surface area contributed by atoms with Crippen LogP contribution >= 0.6 is 0 Å². The Morgan fingerprint density at radius 3 is 2.54 bits per heavy atom. The van der Waals surface area contributed by atoms with E-state index in [1.807, 2.05) is 24.3 Å². The van der Waals surface area contributed by atoms with Crippen molar-refractivity contribution >= 4 is 28.6 Å². The number of carbonyl (C=O) groups excluding carboxylic acids is 1. The fraction of sp³-hybridized carbons (Fsp3) is 0.292. The first-order valence-electron chi connectivity index (χ1n) is 9.79. The zero-order chi connectivity index (χ0) is 19.8. The molecule has 4 heteroatoms. The zero-order valence-corrected chi connectivity index (χ0v) is 17.0. The summed E-state index contributed by atoms with van der Waals surface area (Å²) in [5, 5.41) is 4.03. The molecule has 0 saturated carbocycles. The summed E-state index contributed by atoms with van der Waals surface area (Å²) < 4.78 is 2.37. The third-order valence-electron chi connectivity index (χ3n) is 5.69. The second kappa shape index (κ2) is 7.28. The maximum Gasteiger partial charge on any atom is 0.251 e. The number of aryl methyl sites for hydroxylation is 1. The van der Waals surface area contributed by atoms with Crippen LogP contribution in [0.4, 0.5) is 0 Å². The van der Waals surface area contributed by atoms with Gasteiger partial charge in [-0.2, -0.15) is 0 Å². The van der Waals surface area contributed by atoms with Gasteiger partial charge in [-0.25, -0.2) is 0 Å². The van der Waals surface area contributed by atoms with E-state index in [2.05, 4.69) is 60.1 Å². The van der Waals surface area contributed by atoms with Gasteiger partial charge in [-0.3, -0.25) is 4.79 Å². The Hall–Kier alpha value is -2.85. The second-order valence-corrected chi connectivity index (χ2v) is 7.77. The highest BCUT2D eigenvalue weighted by atomic mass is 16.1. The lowest BCUT2D eigenvalue weighted by molar-refractivity contribution is 0.0963. The Morgan fingerprint density at radius 1 is 1.11 bits per heavy atom. The first-order chi connectivity index (χ1) is 13.5. The SMILES string of the molecule is CNC(=O)c1ccc(/C(C)=C/n2c3c(c4cc(C)ccc42)CN(C)CC3)cc1. The third-order valence-corrected chi connectivity index (χ3v) is 5.69. The summed E-state index contributed by atoms with van der Waals surface area (Å²) in [6, 6.07) is 14.5. The quantitative estimate of drug-likeness (QED) is 0.743. The van der Waals surface area contributed by atoms with Crippen molar-refractivity contribution in [3.63, 3.8) is 0 Å². The highest BCUT2D eigenvalue weighted by Gasteiger charge is 2.21.